The van der Waals surface area contributed by atoms with Crippen LogP contribution in [0, 0.1) is 5.92 Å². The van der Waals surface area contributed by atoms with E-state index in [1.165, 1.54) is 43.6 Å². The van der Waals surface area contributed by atoms with Gasteiger partial charge in [0.1, 0.15) is 25.7 Å². The topological polar surface area (TPSA) is 39.5 Å². The summed E-state index contributed by atoms with van der Waals surface area (Å²) in [6.07, 6.45) is 2.82. The first kappa shape index (κ1) is 18.3. The van der Waals surface area contributed by atoms with Crippen molar-refractivity contribution in [3.05, 3.63) is 59.7 Å². The van der Waals surface area contributed by atoms with Crippen molar-refractivity contribution in [3.8, 4) is 11.5 Å². The molecule has 3 heterocycles. The molecule has 0 radical (unpaired) electrons. The number of hydrogen-bond acceptors (Lipinski definition) is 2. The summed E-state index contributed by atoms with van der Waals surface area (Å²) in [5.74, 6) is 2.61. The van der Waals surface area contributed by atoms with Gasteiger partial charge in [0.15, 0.2) is 11.5 Å². The molecule has 0 aromatic heterocycles. The standard InChI is InChI=1S/C23H30N2O2/c1-2-26-23-14-19(15-24-21-16-25-12-10-20(21)11-13-25)8-9-22(23)27-17-18-6-4-3-5-7-18/h3-9,14,20-21,24H,2,10-13,15-17H2,1H3/p+2/t21-/m0/s1. The Morgan fingerprint density at radius 1 is 0.963 bits per heavy atom. The van der Waals surface area contributed by atoms with E-state index >= 15 is 0 Å². The van der Waals surface area contributed by atoms with Crippen LogP contribution in [0.1, 0.15) is 30.9 Å². The fourth-order valence-corrected chi connectivity index (χ4v) is 4.55. The quantitative estimate of drug-likeness (QED) is 0.740. The molecule has 2 bridgehead atoms. The van der Waals surface area contributed by atoms with E-state index in [4.69, 9.17) is 9.47 Å². The van der Waals surface area contributed by atoms with Crippen molar-refractivity contribution in [2.75, 3.05) is 26.2 Å². The van der Waals surface area contributed by atoms with Crippen molar-refractivity contribution >= 4 is 0 Å². The van der Waals surface area contributed by atoms with E-state index in [0.29, 0.717) is 13.2 Å². The average molecular weight is 369 g/mol. The van der Waals surface area contributed by atoms with Crippen molar-refractivity contribution in [1.29, 1.82) is 0 Å². The fourth-order valence-electron chi connectivity index (χ4n) is 4.55. The third-order valence-corrected chi connectivity index (χ3v) is 6.07. The highest BCUT2D eigenvalue weighted by atomic mass is 16.5. The number of ether oxygens (including phenoxy) is 2. The van der Waals surface area contributed by atoms with Gasteiger partial charge in [-0.1, -0.05) is 30.3 Å². The molecule has 144 valence electrons. The summed E-state index contributed by atoms with van der Waals surface area (Å²) in [5.41, 5.74) is 2.49. The molecule has 3 N–H and O–H groups in total. The molecule has 4 nitrogen and oxygen atoms in total. The van der Waals surface area contributed by atoms with Crippen LogP contribution in [0.3, 0.4) is 0 Å². The van der Waals surface area contributed by atoms with Crippen LogP contribution in [0.2, 0.25) is 0 Å². The smallest absolute Gasteiger partial charge is 0.161 e. The van der Waals surface area contributed by atoms with Gasteiger partial charge in [-0.3, -0.25) is 0 Å². The second kappa shape index (κ2) is 8.77. The monoisotopic (exact) mass is 368 g/mol. The van der Waals surface area contributed by atoms with Crippen molar-refractivity contribution in [2.45, 2.75) is 39.0 Å². The number of quaternary nitrogens is 2. The molecule has 0 unspecified atom stereocenters. The second-order valence-corrected chi connectivity index (χ2v) is 7.88. The maximum Gasteiger partial charge on any atom is 0.161 e. The predicted molar refractivity (Wildman–Crippen MR) is 106 cm³/mol. The summed E-state index contributed by atoms with van der Waals surface area (Å²) >= 11 is 0. The van der Waals surface area contributed by atoms with Crippen molar-refractivity contribution < 1.29 is 19.7 Å². The van der Waals surface area contributed by atoms with Crippen LogP contribution in [0.15, 0.2) is 48.5 Å². The van der Waals surface area contributed by atoms with E-state index < -0.39 is 0 Å². The summed E-state index contributed by atoms with van der Waals surface area (Å²) in [7, 11) is 0. The number of benzene rings is 2. The Kier molecular flexibility index (Phi) is 5.95. The second-order valence-electron chi connectivity index (χ2n) is 7.88. The van der Waals surface area contributed by atoms with Crippen LogP contribution in [0.25, 0.3) is 0 Å². The van der Waals surface area contributed by atoms with Crippen LogP contribution in [0.4, 0.5) is 0 Å². The number of piperidine rings is 3. The Balaban J connectivity index is 1.38. The number of nitrogens with two attached hydrogens (primary N) is 1. The maximum atomic E-state index is 6.03. The van der Waals surface area contributed by atoms with Gasteiger partial charge >= 0.3 is 0 Å². The molecule has 0 saturated carbocycles. The van der Waals surface area contributed by atoms with Gasteiger partial charge < -0.3 is 19.7 Å². The summed E-state index contributed by atoms with van der Waals surface area (Å²) < 4.78 is 11.9. The van der Waals surface area contributed by atoms with E-state index in [-0.39, 0.29) is 0 Å². The van der Waals surface area contributed by atoms with Crippen LogP contribution in [0.5, 0.6) is 11.5 Å². The molecule has 3 aliphatic heterocycles. The van der Waals surface area contributed by atoms with Gasteiger partial charge in [0.25, 0.3) is 0 Å². The Morgan fingerprint density at radius 3 is 2.48 bits per heavy atom. The van der Waals surface area contributed by atoms with Gasteiger partial charge in [-0.15, -0.1) is 0 Å². The Hall–Kier alpha value is -2.04. The van der Waals surface area contributed by atoms with E-state index in [2.05, 4.69) is 35.6 Å². The maximum absolute atomic E-state index is 6.03. The van der Waals surface area contributed by atoms with Gasteiger partial charge in [0, 0.05) is 24.3 Å². The molecular weight excluding hydrogens is 336 g/mol. The molecule has 4 heteroatoms. The summed E-state index contributed by atoms with van der Waals surface area (Å²) in [6.45, 7) is 8.37. The Labute approximate surface area is 162 Å². The van der Waals surface area contributed by atoms with E-state index in [9.17, 15) is 0 Å². The first-order valence-electron chi connectivity index (χ1n) is 10.4. The minimum absolute atomic E-state index is 0.564. The molecule has 27 heavy (non-hydrogen) atoms. The Morgan fingerprint density at radius 2 is 1.78 bits per heavy atom. The highest BCUT2D eigenvalue weighted by Crippen LogP contribution is 2.29. The predicted octanol–water partition coefficient (Wildman–Crippen LogP) is 1.40. The SMILES string of the molecule is CCOc1cc(C[NH2+][C@H]2C[NH+]3CCC2CC3)ccc1OCc1ccccc1. The normalized spacial score (nSPS) is 24.0. The fraction of sp³-hybridized carbons (Fsp3) is 0.478. The molecule has 0 aliphatic carbocycles. The highest BCUT2D eigenvalue weighted by Gasteiger charge is 2.39. The molecule has 2 aromatic rings. The highest BCUT2D eigenvalue weighted by molar-refractivity contribution is 5.43. The molecule has 0 amide bonds. The zero-order chi connectivity index (χ0) is 18.5. The molecule has 3 saturated heterocycles. The molecule has 0 spiro atoms. The molecule has 3 aliphatic rings. The third-order valence-electron chi connectivity index (χ3n) is 6.07. The van der Waals surface area contributed by atoms with Gasteiger partial charge in [-0.05, 0) is 30.7 Å². The van der Waals surface area contributed by atoms with Gasteiger partial charge in [-0.2, -0.15) is 0 Å². The molecule has 3 fully saturated rings. The van der Waals surface area contributed by atoms with Gasteiger partial charge in [0.05, 0.1) is 19.7 Å². The minimum Gasteiger partial charge on any atom is -0.490 e. The summed E-state index contributed by atoms with van der Waals surface area (Å²) in [6, 6.07) is 17.5. The van der Waals surface area contributed by atoms with E-state index in [0.717, 1.165) is 30.0 Å². The number of nitrogens with one attached hydrogen (secondary N) is 1. The molecule has 5 rings (SSSR count). The molecule has 2 aromatic carbocycles. The van der Waals surface area contributed by atoms with E-state index in [1.54, 1.807) is 4.90 Å². The number of hydrogen-bond donors (Lipinski definition) is 2. The van der Waals surface area contributed by atoms with Crippen LogP contribution >= 0.6 is 0 Å². The first-order valence-corrected chi connectivity index (χ1v) is 10.4. The number of fused-ring (bicyclic) bond motifs is 3. The van der Waals surface area contributed by atoms with Crippen LogP contribution in [-0.2, 0) is 13.2 Å². The Bertz CT molecular complexity index is 726. The lowest BCUT2D eigenvalue weighted by Crippen LogP contribution is -3.20. The number of rotatable bonds is 8. The average Bonchev–Trinajstić information content (AvgIpc) is 2.73. The lowest BCUT2D eigenvalue weighted by molar-refractivity contribution is -0.943. The third kappa shape index (κ3) is 4.63. The zero-order valence-electron chi connectivity index (χ0n) is 16.3. The van der Waals surface area contributed by atoms with Crippen LogP contribution in [-0.4, -0.2) is 32.3 Å². The van der Waals surface area contributed by atoms with E-state index in [1.807, 2.05) is 25.1 Å². The van der Waals surface area contributed by atoms with Crippen molar-refractivity contribution in [2.24, 2.45) is 5.92 Å². The largest absolute Gasteiger partial charge is 0.490 e. The molecule has 1 atom stereocenters. The lowest BCUT2D eigenvalue weighted by Gasteiger charge is -2.40. The zero-order valence-corrected chi connectivity index (χ0v) is 16.3. The summed E-state index contributed by atoms with van der Waals surface area (Å²) in [4.78, 5) is 1.80. The summed E-state index contributed by atoms with van der Waals surface area (Å²) in [5, 5.41) is 2.55. The van der Waals surface area contributed by atoms with Crippen LogP contribution < -0.4 is 19.7 Å². The minimum atomic E-state index is 0.564. The lowest BCUT2D eigenvalue weighted by atomic mass is 9.84. The molecular formula is C23H32N2O2+2. The van der Waals surface area contributed by atoms with Gasteiger partial charge in [0.2, 0.25) is 0 Å². The van der Waals surface area contributed by atoms with Gasteiger partial charge in [-0.25, -0.2) is 0 Å². The van der Waals surface area contributed by atoms with Crippen molar-refractivity contribution in [3.63, 3.8) is 0 Å². The van der Waals surface area contributed by atoms with Crippen molar-refractivity contribution in [1.82, 2.24) is 0 Å². The first-order chi connectivity index (χ1) is 13.3.